The van der Waals surface area contributed by atoms with Crippen molar-refractivity contribution in [1.29, 1.82) is 0 Å². The van der Waals surface area contributed by atoms with Crippen LogP contribution in [0.2, 0.25) is 0 Å². The van der Waals surface area contributed by atoms with Crippen molar-refractivity contribution >= 4 is 11.6 Å². The van der Waals surface area contributed by atoms with E-state index in [2.05, 4.69) is 10.4 Å². The zero-order valence-corrected chi connectivity index (χ0v) is 12.7. The van der Waals surface area contributed by atoms with Crippen molar-refractivity contribution in [2.24, 2.45) is 0 Å². The molecular formula is C18H17N3O2. The van der Waals surface area contributed by atoms with Gasteiger partial charge in [-0.05, 0) is 35.9 Å². The lowest BCUT2D eigenvalue weighted by Gasteiger charge is -2.18. The van der Waals surface area contributed by atoms with Gasteiger partial charge in [0.25, 0.3) is 5.91 Å². The van der Waals surface area contributed by atoms with E-state index >= 15 is 0 Å². The molecule has 0 saturated heterocycles. The fourth-order valence-corrected chi connectivity index (χ4v) is 2.38. The summed E-state index contributed by atoms with van der Waals surface area (Å²) in [5.41, 5.74) is 1.59. The van der Waals surface area contributed by atoms with E-state index < -0.39 is 6.04 Å². The number of nitrogens with one attached hydrogen (secondary N) is 1. The van der Waals surface area contributed by atoms with Crippen molar-refractivity contribution in [3.05, 3.63) is 78.6 Å². The number of benzene rings is 2. The van der Waals surface area contributed by atoms with Crippen LogP contribution in [0.25, 0.3) is 0 Å². The monoisotopic (exact) mass is 307 g/mol. The van der Waals surface area contributed by atoms with Crippen molar-refractivity contribution in [2.45, 2.75) is 6.04 Å². The van der Waals surface area contributed by atoms with E-state index in [1.165, 1.54) is 0 Å². The minimum atomic E-state index is -0.520. The molecule has 0 fully saturated rings. The van der Waals surface area contributed by atoms with Gasteiger partial charge in [-0.15, -0.1) is 0 Å². The summed E-state index contributed by atoms with van der Waals surface area (Å²) in [6.07, 6.45) is 3.45. The second-order valence-corrected chi connectivity index (χ2v) is 5.02. The molecule has 1 unspecified atom stereocenters. The second-order valence-electron chi connectivity index (χ2n) is 5.02. The molecule has 1 N–H and O–H groups in total. The van der Waals surface area contributed by atoms with Gasteiger partial charge in [0.15, 0.2) is 6.04 Å². The Morgan fingerprint density at radius 3 is 2.43 bits per heavy atom. The van der Waals surface area contributed by atoms with Gasteiger partial charge in [0.2, 0.25) is 0 Å². The maximum atomic E-state index is 12.8. The minimum absolute atomic E-state index is 0.148. The van der Waals surface area contributed by atoms with Crippen LogP contribution in [0.3, 0.4) is 0 Å². The van der Waals surface area contributed by atoms with Gasteiger partial charge in [0, 0.05) is 18.1 Å². The Kier molecular flexibility index (Phi) is 4.38. The van der Waals surface area contributed by atoms with Gasteiger partial charge in [-0.2, -0.15) is 5.10 Å². The highest BCUT2D eigenvalue weighted by Crippen LogP contribution is 2.21. The molecule has 0 aliphatic rings. The Bertz CT molecular complexity index is 753. The molecule has 0 aliphatic carbocycles. The van der Waals surface area contributed by atoms with Crippen molar-refractivity contribution in [3.8, 4) is 5.75 Å². The fraction of sp³-hybridized carbons (Fsp3) is 0.111. The van der Waals surface area contributed by atoms with Crippen LogP contribution in [0, 0.1) is 0 Å². The lowest BCUT2D eigenvalue weighted by atomic mass is 10.1. The zero-order valence-electron chi connectivity index (χ0n) is 12.7. The standard InChI is InChI=1S/C18H17N3O2/c1-23-16-10-8-15(9-11-16)20-18(22)17(21-13-5-12-19-21)14-6-3-2-4-7-14/h2-13,17H,1H3,(H,20,22). The Morgan fingerprint density at radius 1 is 1.09 bits per heavy atom. The number of methoxy groups -OCH3 is 1. The summed E-state index contributed by atoms with van der Waals surface area (Å²) in [6, 6.07) is 18.1. The van der Waals surface area contributed by atoms with Gasteiger partial charge in [-0.3, -0.25) is 9.48 Å². The van der Waals surface area contributed by atoms with Crippen molar-refractivity contribution in [1.82, 2.24) is 9.78 Å². The molecule has 5 nitrogen and oxygen atoms in total. The lowest BCUT2D eigenvalue weighted by Crippen LogP contribution is -2.27. The first-order valence-electron chi connectivity index (χ1n) is 7.27. The molecule has 0 saturated carbocycles. The van der Waals surface area contributed by atoms with E-state index in [0.717, 1.165) is 11.3 Å². The minimum Gasteiger partial charge on any atom is -0.497 e. The number of carbonyl (C=O) groups excluding carboxylic acids is 1. The van der Waals surface area contributed by atoms with E-state index in [1.807, 2.05) is 42.5 Å². The van der Waals surface area contributed by atoms with Gasteiger partial charge < -0.3 is 10.1 Å². The summed E-state index contributed by atoms with van der Waals surface area (Å²) >= 11 is 0. The molecule has 116 valence electrons. The quantitative estimate of drug-likeness (QED) is 0.788. The first kappa shape index (κ1) is 14.8. The van der Waals surface area contributed by atoms with E-state index in [-0.39, 0.29) is 5.91 Å². The largest absolute Gasteiger partial charge is 0.497 e. The average Bonchev–Trinajstić information content (AvgIpc) is 3.11. The molecule has 1 atom stereocenters. The number of hydrogen-bond donors (Lipinski definition) is 1. The topological polar surface area (TPSA) is 56.1 Å². The van der Waals surface area contributed by atoms with Crippen LogP contribution in [-0.4, -0.2) is 22.8 Å². The van der Waals surface area contributed by atoms with Crippen LogP contribution in [0.15, 0.2) is 73.1 Å². The van der Waals surface area contributed by atoms with Gasteiger partial charge in [-0.1, -0.05) is 30.3 Å². The SMILES string of the molecule is COc1ccc(NC(=O)C(c2ccccc2)n2cccn2)cc1. The van der Waals surface area contributed by atoms with E-state index in [0.29, 0.717) is 5.69 Å². The molecule has 2 aromatic carbocycles. The summed E-state index contributed by atoms with van der Waals surface area (Å²) in [7, 11) is 1.61. The molecule has 3 rings (SSSR count). The fourth-order valence-electron chi connectivity index (χ4n) is 2.38. The predicted octanol–water partition coefficient (Wildman–Crippen LogP) is 3.12. The second kappa shape index (κ2) is 6.79. The molecule has 0 aliphatic heterocycles. The number of hydrogen-bond acceptors (Lipinski definition) is 3. The number of ether oxygens (including phenoxy) is 1. The molecule has 23 heavy (non-hydrogen) atoms. The zero-order chi connectivity index (χ0) is 16.1. The van der Waals surface area contributed by atoms with Crippen LogP contribution >= 0.6 is 0 Å². The number of anilines is 1. The van der Waals surface area contributed by atoms with Gasteiger partial charge >= 0.3 is 0 Å². The molecule has 0 spiro atoms. The molecule has 3 aromatic rings. The molecule has 5 heteroatoms. The number of nitrogens with zero attached hydrogens (tertiary/aromatic N) is 2. The first-order valence-corrected chi connectivity index (χ1v) is 7.27. The molecule has 1 aromatic heterocycles. The Hall–Kier alpha value is -3.08. The van der Waals surface area contributed by atoms with Crippen LogP contribution in [0.4, 0.5) is 5.69 Å². The third-order valence-corrected chi connectivity index (χ3v) is 3.51. The Labute approximate surface area is 134 Å². The van der Waals surface area contributed by atoms with E-state index in [9.17, 15) is 4.79 Å². The lowest BCUT2D eigenvalue weighted by molar-refractivity contribution is -0.118. The molecule has 0 bridgehead atoms. The summed E-state index contributed by atoms with van der Waals surface area (Å²) in [6.45, 7) is 0. The highest BCUT2D eigenvalue weighted by atomic mass is 16.5. The third kappa shape index (κ3) is 3.40. The smallest absolute Gasteiger partial charge is 0.253 e. The number of carbonyl (C=O) groups is 1. The van der Waals surface area contributed by atoms with Crippen LogP contribution < -0.4 is 10.1 Å². The summed E-state index contributed by atoms with van der Waals surface area (Å²) in [5, 5.41) is 7.14. The Morgan fingerprint density at radius 2 is 1.83 bits per heavy atom. The maximum Gasteiger partial charge on any atom is 0.253 e. The van der Waals surface area contributed by atoms with Gasteiger partial charge in [0.05, 0.1) is 7.11 Å². The summed E-state index contributed by atoms with van der Waals surface area (Å²) < 4.78 is 6.77. The molecule has 1 heterocycles. The van der Waals surface area contributed by atoms with E-state index in [4.69, 9.17) is 4.74 Å². The number of amides is 1. The number of aromatic nitrogens is 2. The third-order valence-electron chi connectivity index (χ3n) is 3.51. The molecule has 0 radical (unpaired) electrons. The van der Waals surface area contributed by atoms with E-state index in [1.54, 1.807) is 42.4 Å². The summed E-state index contributed by atoms with van der Waals surface area (Å²) in [5.74, 6) is 0.597. The summed E-state index contributed by atoms with van der Waals surface area (Å²) in [4.78, 5) is 12.8. The highest BCUT2D eigenvalue weighted by Gasteiger charge is 2.22. The van der Waals surface area contributed by atoms with Gasteiger partial charge in [-0.25, -0.2) is 0 Å². The van der Waals surface area contributed by atoms with Gasteiger partial charge in [0.1, 0.15) is 5.75 Å². The number of rotatable bonds is 5. The molecule has 1 amide bonds. The average molecular weight is 307 g/mol. The highest BCUT2D eigenvalue weighted by molar-refractivity contribution is 5.95. The van der Waals surface area contributed by atoms with Crippen molar-refractivity contribution in [3.63, 3.8) is 0 Å². The van der Waals surface area contributed by atoms with Crippen LogP contribution in [-0.2, 0) is 4.79 Å². The van der Waals surface area contributed by atoms with Crippen molar-refractivity contribution < 1.29 is 9.53 Å². The van der Waals surface area contributed by atoms with Crippen LogP contribution in [0.1, 0.15) is 11.6 Å². The normalized spacial score (nSPS) is 11.7. The van der Waals surface area contributed by atoms with Crippen LogP contribution in [0.5, 0.6) is 5.75 Å². The molecular weight excluding hydrogens is 290 g/mol. The predicted molar refractivity (Wildman–Crippen MR) is 88.4 cm³/mol. The Balaban J connectivity index is 1.86. The van der Waals surface area contributed by atoms with Crippen molar-refractivity contribution in [2.75, 3.05) is 12.4 Å². The maximum absolute atomic E-state index is 12.8. The first-order chi connectivity index (χ1) is 11.3.